The molecule has 15 heavy (non-hydrogen) atoms. The zero-order valence-electron chi connectivity index (χ0n) is 8.94. The number of nitrogens with two attached hydrogens (primary N) is 1. The molecule has 0 spiro atoms. The number of nitrogen functional groups attached to an aromatic ring is 1. The van der Waals surface area contributed by atoms with E-state index in [1.165, 1.54) is 9.94 Å². The molecule has 1 heterocycles. The van der Waals surface area contributed by atoms with Gasteiger partial charge in [-0.3, -0.25) is 0 Å². The summed E-state index contributed by atoms with van der Waals surface area (Å²) in [5, 5.41) is 11.9. The molecule has 0 saturated heterocycles. The zero-order chi connectivity index (χ0) is 10.8. The number of hydrogen-bond acceptors (Lipinski definition) is 5. The van der Waals surface area contributed by atoms with Crippen molar-refractivity contribution in [1.82, 2.24) is 10.0 Å². The van der Waals surface area contributed by atoms with Crippen LogP contribution in [-0.2, 0) is 12.8 Å². The van der Waals surface area contributed by atoms with Crippen LogP contribution in [0.2, 0.25) is 0 Å². The van der Waals surface area contributed by atoms with Crippen molar-refractivity contribution < 1.29 is 5.21 Å². The molecule has 0 amide bonds. The van der Waals surface area contributed by atoms with Crippen molar-refractivity contribution >= 4 is 16.5 Å². The SMILES string of the molecule is CCCN(O)[C@H]1CCc2nc(N)sc2C1. The smallest absolute Gasteiger partial charge is 0.180 e. The summed E-state index contributed by atoms with van der Waals surface area (Å²) in [7, 11) is 0. The Labute approximate surface area is 93.7 Å². The summed E-state index contributed by atoms with van der Waals surface area (Å²) < 4.78 is 0. The average Bonchev–Trinajstić information content (AvgIpc) is 2.57. The third-order valence-electron chi connectivity index (χ3n) is 2.80. The maximum absolute atomic E-state index is 9.79. The second kappa shape index (κ2) is 4.47. The Morgan fingerprint density at radius 2 is 2.47 bits per heavy atom. The topological polar surface area (TPSA) is 62.4 Å². The van der Waals surface area contributed by atoms with Gasteiger partial charge in [-0.1, -0.05) is 6.92 Å². The highest BCUT2D eigenvalue weighted by Gasteiger charge is 2.25. The van der Waals surface area contributed by atoms with E-state index in [0.29, 0.717) is 5.13 Å². The van der Waals surface area contributed by atoms with Crippen molar-refractivity contribution in [3.05, 3.63) is 10.6 Å². The molecule has 84 valence electrons. The molecule has 1 aliphatic rings. The molecule has 0 unspecified atom stereocenters. The van der Waals surface area contributed by atoms with E-state index in [1.54, 1.807) is 11.3 Å². The van der Waals surface area contributed by atoms with E-state index in [-0.39, 0.29) is 6.04 Å². The lowest BCUT2D eigenvalue weighted by Crippen LogP contribution is -2.37. The van der Waals surface area contributed by atoms with Gasteiger partial charge in [-0.15, -0.1) is 11.3 Å². The molecule has 0 fully saturated rings. The summed E-state index contributed by atoms with van der Waals surface area (Å²) >= 11 is 1.56. The summed E-state index contributed by atoms with van der Waals surface area (Å²) in [6, 6.07) is 0.247. The van der Waals surface area contributed by atoms with Crippen LogP contribution in [0, 0.1) is 0 Å². The summed E-state index contributed by atoms with van der Waals surface area (Å²) in [6.45, 7) is 2.82. The molecule has 4 nitrogen and oxygen atoms in total. The summed E-state index contributed by atoms with van der Waals surface area (Å²) in [5.41, 5.74) is 6.81. The normalized spacial score (nSPS) is 20.6. The zero-order valence-corrected chi connectivity index (χ0v) is 9.76. The summed E-state index contributed by atoms with van der Waals surface area (Å²) in [5.74, 6) is 0. The van der Waals surface area contributed by atoms with Crippen molar-refractivity contribution in [3.63, 3.8) is 0 Å². The molecule has 1 atom stereocenters. The fourth-order valence-corrected chi connectivity index (χ4v) is 2.99. The van der Waals surface area contributed by atoms with Crippen LogP contribution in [0.5, 0.6) is 0 Å². The van der Waals surface area contributed by atoms with Gasteiger partial charge in [0.1, 0.15) is 0 Å². The molecule has 0 saturated carbocycles. The van der Waals surface area contributed by atoms with Crippen LogP contribution in [0.3, 0.4) is 0 Å². The molecule has 3 N–H and O–H groups in total. The first kappa shape index (κ1) is 10.9. The number of aromatic nitrogens is 1. The molecule has 0 aromatic carbocycles. The number of hydrogen-bond donors (Lipinski definition) is 2. The number of thiazole rings is 1. The molecule has 0 bridgehead atoms. The predicted octanol–water partition coefficient (Wildman–Crippen LogP) is 1.68. The van der Waals surface area contributed by atoms with Crippen molar-refractivity contribution in [2.45, 2.75) is 38.6 Å². The number of hydroxylamine groups is 2. The highest BCUT2D eigenvalue weighted by molar-refractivity contribution is 7.15. The Morgan fingerprint density at radius 3 is 3.20 bits per heavy atom. The first-order valence-corrected chi connectivity index (χ1v) is 6.22. The molecule has 2 rings (SSSR count). The minimum atomic E-state index is 0.247. The molecule has 1 aromatic rings. The maximum Gasteiger partial charge on any atom is 0.180 e. The minimum absolute atomic E-state index is 0.247. The summed E-state index contributed by atoms with van der Waals surface area (Å²) in [4.78, 5) is 5.54. The average molecular weight is 227 g/mol. The predicted molar refractivity (Wildman–Crippen MR) is 61.1 cm³/mol. The lowest BCUT2D eigenvalue weighted by Gasteiger charge is -2.28. The van der Waals surface area contributed by atoms with Gasteiger partial charge in [0.25, 0.3) is 0 Å². The second-order valence-corrected chi connectivity index (χ2v) is 5.10. The Hall–Kier alpha value is -0.650. The highest BCUT2D eigenvalue weighted by Crippen LogP contribution is 2.29. The van der Waals surface area contributed by atoms with Crippen molar-refractivity contribution in [1.29, 1.82) is 0 Å². The maximum atomic E-state index is 9.79. The summed E-state index contributed by atoms with van der Waals surface area (Å²) in [6.07, 6.45) is 3.78. The van der Waals surface area contributed by atoms with Crippen molar-refractivity contribution in [2.75, 3.05) is 12.3 Å². The Bertz CT molecular complexity index is 339. The second-order valence-electron chi connectivity index (χ2n) is 3.98. The van der Waals surface area contributed by atoms with Gasteiger partial charge in [0.15, 0.2) is 5.13 Å². The Balaban J connectivity index is 2.04. The highest BCUT2D eigenvalue weighted by atomic mass is 32.1. The number of fused-ring (bicyclic) bond motifs is 1. The third kappa shape index (κ3) is 2.30. The van der Waals surface area contributed by atoms with Crippen molar-refractivity contribution in [3.8, 4) is 0 Å². The molecule has 1 aliphatic carbocycles. The van der Waals surface area contributed by atoms with E-state index in [0.717, 1.165) is 37.9 Å². The van der Waals surface area contributed by atoms with Crippen LogP contribution in [0.25, 0.3) is 0 Å². The first-order chi connectivity index (χ1) is 7.20. The molecule has 1 aromatic heterocycles. The van der Waals surface area contributed by atoms with Gasteiger partial charge in [0.05, 0.1) is 5.69 Å². The first-order valence-electron chi connectivity index (χ1n) is 5.40. The molecular weight excluding hydrogens is 210 g/mol. The van der Waals surface area contributed by atoms with Gasteiger partial charge in [0, 0.05) is 23.9 Å². The third-order valence-corrected chi connectivity index (χ3v) is 3.75. The largest absolute Gasteiger partial charge is 0.375 e. The lowest BCUT2D eigenvalue weighted by molar-refractivity contribution is -0.129. The van der Waals surface area contributed by atoms with E-state index >= 15 is 0 Å². The van der Waals surface area contributed by atoms with E-state index in [4.69, 9.17) is 5.73 Å². The number of nitrogens with zero attached hydrogens (tertiary/aromatic N) is 2. The van der Waals surface area contributed by atoms with Crippen LogP contribution in [0.1, 0.15) is 30.3 Å². The van der Waals surface area contributed by atoms with Gasteiger partial charge in [-0.2, -0.15) is 5.06 Å². The van der Waals surface area contributed by atoms with Gasteiger partial charge >= 0.3 is 0 Å². The van der Waals surface area contributed by atoms with Gasteiger partial charge < -0.3 is 10.9 Å². The fraction of sp³-hybridized carbons (Fsp3) is 0.700. The Kier molecular flexibility index (Phi) is 3.23. The molecular formula is C10H17N3OS. The Morgan fingerprint density at radius 1 is 1.67 bits per heavy atom. The van der Waals surface area contributed by atoms with Crippen molar-refractivity contribution in [2.24, 2.45) is 0 Å². The van der Waals surface area contributed by atoms with Crippen LogP contribution >= 0.6 is 11.3 Å². The quantitative estimate of drug-likeness (QED) is 0.771. The van der Waals surface area contributed by atoms with Gasteiger partial charge in [-0.25, -0.2) is 4.98 Å². The fourth-order valence-electron chi connectivity index (χ4n) is 2.04. The lowest BCUT2D eigenvalue weighted by atomic mass is 9.97. The molecule has 5 heteroatoms. The minimum Gasteiger partial charge on any atom is -0.375 e. The van der Waals surface area contributed by atoms with Gasteiger partial charge in [0.2, 0.25) is 0 Å². The number of aryl methyl sites for hydroxylation is 1. The molecule has 0 aliphatic heterocycles. The number of anilines is 1. The molecule has 0 radical (unpaired) electrons. The monoisotopic (exact) mass is 227 g/mol. The van der Waals surface area contributed by atoms with E-state index in [9.17, 15) is 5.21 Å². The number of rotatable bonds is 3. The van der Waals surface area contributed by atoms with Crippen LogP contribution in [-0.4, -0.2) is 27.8 Å². The van der Waals surface area contributed by atoms with E-state index < -0.39 is 0 Å². The standard InChI is InChI=1S/C10H17N3OS/c1-2-5-13(14)7-3-4-8-9(6-7)15-10(11)12-8/h7,14H,2-6H2,1H3,(H2,11,12)/t7-/m0/s1. The van der Waals surface area contributed by atoms with Crippen LogP contribution in [0.15, 0.2) is 0 Å². The van der Waals surface area contributed by atoms with Gasteiger partial charge in [-0.05, 0) is 19.3 Å². The van der Waals surface area contributed by atoms with E-state index in [1.807, 2.05) is 0 Å². The van der Waals surface area contributed by atoms with E-state index in [2.05, 4.69) is 11.9 Å². The van der Waals surface area contributed by atoms with Crippen LogP contribution in [0.4, 0.5) is 5.13 Å². The van der Waals surface area contributed by atoms with Crippen LogP contribution < -0.4 is 5.73 Å².